The van der Waals surface area contributed by atoms with Crippen molar-refractivity contribution in [1.82, 2.24) is 0 Å². The van der Waals surface area contributed by atoms with Crippen LogP contribution >= 0.6 is 0 Å². The first kappa shape index (κ1) is 30.2. The molecule has 28 heavy (non-hydrogen) atoms. The molecule has 1 atom stereocenters. The molecule has 2 aliphatic carbocycles. The van der Waals surface area contributed by atoms with Gasteiger partial charge in [0.2, 0.25) is 5.79 Å². The summed E-state index contributed by atoms with van der Waals surface area (Å²) in [5.74, 6) is 0.0818. The van der Waals surface area contributed by atoms with Gasteiger partial charge in [-0.2, -0.15) is 12.2 Å². The minimum absolute atomic E-state index is 0. The molecule has 0 aromatic heterocycles. The average molecular weight is 462 g/mol. The molecule has 5 heteroatoms. The van der Waals surface area contributed by atoms with Gasteiger partial charge in [-0.25, -0.2) is 6.08 Å². The van der Waals surface area contributed by atoms with Crippen molar-refractivity contribution in [3.63, 3.8) is 0 Å². The molecular formula is C23H35Cl2O2Ti. The van der Waals surface area contributed by atoms with Crippen molar-refractivity contribution in [1.29, 1.82) is 0 Å². The first-order valence-electron chi connectivity index (χ1n) is 9.62. The van der Waals surface area contributed by atoms with Crippen LogP contribution in [-0.2, 0) is 31.2 Å². The molecule has 0 saturated carbocycles. The van der Waals surface area contributed by atoms with Gasteiger partial charge < -0.3 is 34.3 Å². The fourth-order valence-electron chi connectivity index (χ4n) is 3.27. The van der Waals surface area contributed by atoms with Crippen LogP contribution in [0.2, 0.25) is 0 Å². The van der Waals surface area contributed by atoms with Crippen molar-refractivity contribution >= 4 is 0 Å². The second-order valence-corrected chi connectivity index (χ2v) is 9.13. The summed E-state index contributed by atoms with van der Waals surface area (Å²) in [6.45, 7) is 16.4. The SMILES string of the molecule is CCCCOC1(OC2=[C-]CC=C2)CC=C(C(C)(C)C)C=C1C(C)(C)C.[Cl-].[Cl-].[Ti+3]. The van der Waals surface area contributed by atoms with Crippen LogP contribution < -0.4 is 24.8 Å². The first-order valence-corrected chi connectivity index (χ1v) is 9.62. The minimum Gasteiger partial charge on any atom is -1.00 e. The maximum Gasteiger partial charge on any atom is 3.00 e. The van der Waals surface area contributed by atoms with Gasteiger partial charge in [-0.3, -0.25) is 0 Å². The fourth-order valence-corrected chi connectivity index (χ4v) is 3.27. The van der Waals surface area contributed by atoms with Crippen LogP contribution in [0.25, 0.3) is 0 Å². The zero-order valence-corrected chi connectivity index (χ0v) is 21.5. The maximum atomic E-state index is 6.47. The monoisotopic (exact) mass is 461 g/mol. The van der Waals surface area contributed by atoms with E-state index in [4.69, 9.17) is 9.47 Å². The molecule has 0 aromatic rings. The molecule has 0 N–H and O–H groups in total. The molecule has 2 nitrogen and oxygen atoms in total. The molecular weight excluding hydrogens is 427 g/mol. The quantitative estimate of drug-likeness (QED) is 0.248. The predicted molar refractivity (Wildman–Crippen MR) is 105 cm³/mol. The maximum absolute atomic E-state index is 6.47. The standard InChI is InChI=1S/C23H35O2.2ClH.Ti/c1-8-9-16-24-23(25-19-12-10-11-13-19)15-14-18(21(2,3)4)17-20(23)22(5,6)7;;;/h10,12,14,17H,8-9,11,15-16H2,1-7H3;2*1H;/q-1;;;+3/p-2. The Labute approximate surface area is 200 Å². The van der Waals surface area contributed by atoms with Crippen molar-refractivity contribution in [3.8, 4) is 0 Å². The van der Waals surface area contributed by atoms with E-state index in [2.05, 4.69) is 72.8 Å². The van der Waals surface area contributed by atoms with E-state index in [1.807, 2.05) is 6.08 Å². The molecule has 2 rings (SSSR count). The van der Waals surface area contributed by atoms with Crippen molar-refractivity contribution < 1.29 is 56.0 Å². The van der Waals surface area contributed by atoms with Crippen LogP contribution in [0, 0.1) is 16.9 Å². The van der Waals surface area contributed by atoms with Gasteiger partial charge in [0, 0.05) is 12.0 Å². The second kappa shape index (κ2) is 12.0. The molecule has 0 spiro atoms. The Hall–Kier alpha value is 0.0143. The summed E-state index contributed by atoms with van der Waals surface area (Å²) in [4.78, 5) is 0. The van der Waals surface area contributed by atoms with E-state index in [1.54, 1.807) is 0 Å². The largest absolute Gasteiger partial charge is 3.00 e. The van der Waals surface area contributed by atoms with Crippen LogP contribution in [-0.4, -0.2) is 12.4 Å². The van der Waals surface area contributed by atoms with Crippen molar-refractivity contribution in [2.45, 2.75) is 79.9 Å². The van der Waals surface area contributed by atoms with Crippen molar-refractivity contribution in [2.75, 3.05) is 6.61 Å². The van der Waals surface area contributed by atoms with Crippen LogP contribution in [0.4, 0.5) is 0 Å². The Morgan fingerprint density at radius 3 is 2.18 bits per heavy atom. The van der Waals surface area contributed by atoms with Gasteiger partial charge in [0.1, 0.15) is 0 Å². The van der Waals surface area contributed by atoms with Gasteiger partial charge in [0.15, 0.2) is 0 Å². The Balaban J connectivity index is 0. The van der Waals surface area contributed by atoms with Crippen LogP contribution in [0.5, 0.6) is 0 Å². The van der Waals surface area contributed by atoms with E-state index in [0.717, 1.165) is 31.4 Å². The van der Waals surface area contributed by atoms with Crippen LogP contribution in [0.1, 0.15) is 74.1 Å². The zero-order valence-electron chi connectivity index (χ0n) is 18.4. The van der Waals surface area contributed by atoms with Gasteiger partial charge in [0.05, 0.1) is 6.61 Å². The van der Waals surface area contributed by atoms with E-state index in [1.165, 1.54) is 11.1 Å². The summed E-state index contributed by atoms with van der Waals surface area (Å²) in [6.07, 6.45) is 15.7. The summed E-state index contributed by atoms with van der Waals surface area (Å²) < 4.78 is 12.9. The number of ether oxygens (including phenoxy) is 2. The normalized spacial score (nSPS) is 21.5. The van der Waals surface area contributed by atoms with Gasteiger partial charge >= 0.3 is 21.7 Å². The van der Waals surface area contributed by atoms with Gasteiger partial charge in [0.25, 0.3) is 0 Å². The number of halogens is 2. The molecule has 0 saturated heterocycles. The van der Waals surface area contributed by atoms with Gasteiger partial charge in [-0.1, -0.05) is 67.0 Å². The summed E-state index contributed by atoms with van der Waals surface area (Å²) in [6, 6.07) is 0. The molecule has 0 fully saturated rings. The molecule has 1 unspecified atom stereocenters. The summed E-state index contributed by atoms with van der Waals surface area (Å²) in [7, 11) is 0. The van der Waals surface area contributed by atoms with Crippen LogP contribution in [0.15, 0.2) is 41.2 Å². The number of allylic oxidation sites excluding steroid dienone is 5. The molecule has 0 bridgehead atoms. The second-order valence-electron chi connectivity index (χ2n) is 9.13. The summed E-state index contributed by atoms with van der Waals surface area (Å²) in [5, 5.41) is 0. The van der Waals surface area contributed by atoms with Crippen LogP contribution in [0.3, 0.4) is 0 Å². The minimum atomic E-state index is -0.723. The Morgan fingerprint density at radius 1 is 1.07 bits per heavy atom. The van der Waals surface area contributed by atoms with E-state index in [0.29, 0.717) is 6.61 Å². The molecule has 2 aliphatic rings. The van der Waals surface area contributed by atoms with E-state index in [-0.39, 0.29) is 57.4 Å². The smallest absolute Gasteiger partial charge is 1.00 e. The molecule has 1 radical (unpaired) electrons. The molecule has 0 aromatic carbocycles. The molecule has 0 amide bonds. The number of rotatable bonds is 6. The van der Waals surface area contributed by atoms with E-state index in [9.17, 15) is 0 Å². The molecule has 0 aliphatic heterocycles. The van der Waals surface area contributed by atoms with Crippen molar-refractivity contribution in [2.24, 2.45) is 10.8 Å². The Morgan fingerprint density at radius 2 is 1.71 bits per heavy atom. The Bertz CT molecular complexity index is 607. The Kier molecular flexibility index (Phi) is 13.0. The number of unbranched alkanes of at least 4 members (excludes halogenated alkanes) is 1. The third-order valence-electron chi connectivity index (χ3n) is 4.75. The number of hydrogen-bond donors (Lipinski definition) is 0. The topological polar surface area (TPSA) is 18.5 Å². The summed E-state index contributed by atoms with van der Waals surface area (Å²) >= 11 is 0. The average Bonchev–Trinajstić information content (AvgIpc) is 2.98. The zero-order chi connectivity index (χ0) is 18.7. The van der Waals surface area contributed by atoms with E-state index < -0.39 is 5.79 Å². The number of hydrogen-bond acceptors (Lipinski definition) is 2. The molecule has 0 heterocycles. The van der Waals surface area contributed by atoms with Gasteiger partial charge in [-0.05, 0) is 28.6 Å². The predicted octanol–water partition coefficient (Wildman–Crippen LogP) is 0.517. The fraction of sp³-hybridized carbons (Fsp3) is 0.652. The summed E-state index contributed by atoms with van der Waals surface area (Å²) in [5.41, 5.74) is 2.65. The van der Waals surface area contributed by atoms with Gasteiger partial charge in [-0.15, -0.1) is 6.42 Å². The third-order valence-corrected chi connectivity index (χ3v) is 4.75. The first-order chi connectivity index (χ1) is 11.6. The van der Waals surface area contributed by atoms with E-state index >= 15 is 0 Å². The molecule has 157 valence electrons. The third kappa shape index (κ3) is 7.69. The van der Waals surface area contributed by atoms with Crippen molar-refractivity contribution in [3.05, 3.63) is 47.3 Å².